The van der Waals surface area contributed by atoms with Crippen LogP contribution in [0.15, 0.2) is 4.99 Å². The molecule has 1 saturated heterocycles. The van der Waals surface area contributed by atoms with E-state index in [0.717, 1.165) is 51.6 Å². The van der Waals surface area contributed by atoms with Crippen LogP contribution in [0, 0.1) is 5.41 Å². The van der Waals surface area contributed by atoms with E-state index in [0.29, 0.717) is 23.6 Å². The molecule has 0 aromatic heterocycles. The molecule has 27 heavy (non-hydrogen) atoms. The normalized spacial score (nSPS) is 28.2. The number of nitrogens with one attached hydrogen (secondary N) is 2. The van der Waals surface area contributed by atoms with E-state index in [1.807, 2.05) is 7.05 Å². The molecule has 2 aliphatic carbocycles. The van der Waals surface area contributed by atoms with Crippen molar-refractivity contribution in [2.24, 2.45) is 10.4 Å². The second-order valence-electron chi connectivity index (χ2n) is 8.14. The lowest BCUT2D eigenvalue weighted by Crippen LogP contribution is -2.69. The fourth-order valence-electron chi connectivity index (χ4n) is 4.90. The molecule has 6 nitrogen and oxygen atoms in total. The van der Waals surface area contributed by atoms with Crippen LogP contribution in [0.4, 0.5) is 0 Å². The minimum atomic E-state index is 0. The molecular formula is C20H39IN4O2. The largest absolute Gasteiger partial charge is 0.385 e. The van der Waals surface area contributed by atoms with Crippen molar-refractivity contribution in [2.75, 3.05) is 47.0 Å². The molecule has 0 radical (unpaired) electrons. The summed E-state index contributed by atoms with van der Waals surface area (Å²) in [5.74, 6) is 0.981. The summed E-state index contributed by atoms with van der Waals surface area (Å²) in [5.41, 5.74) is 0.373. The summed E-state index contributed by atoms with van der Waals surface area (Å²) in [6.45, 7) is 7.28. The third-order valence-electron chi connectivity index (χ3n) is 6.72. The van der Waals surface area contributed by atoms with Gasteiger partial charge in [-0.2, -0.15) is 0 Å². The highest BCUT2D eigenvalue weighted by Gasteiger charge is 2.59. The maximum absolute atomic E-state index is 5.97. The lowest BCUT2D eigenvalue weighted by molar-refractivity contribution is -0.168. The zero-order valence-corrected chi connectivity index (χ0v) is 19.7. The summed E-state index contributed by atoms with van der Waals surface area (Å²) in [5, 5.41) is 7.39. The van der Waals surface area contributed by atoms with Crippen molar-refractivity contribution in [3.63, 3.8) is 0 Å². The number of piperidine rings is 1. The Kier molecular flexibility index (Phi) is 9.58. The Bertz CT molecular complexity index is 465. The van der Waals surface area contributed by atoms with E-state index >= 15 is 0 Å². The van der Waals surface area contributed by atoms with E-state index in [1.54, 1.807) is 7.11 Å². The fourth-order valence-corrected chi connectivity index (χ4v) is 4.90. The first kappa shape index (κ1) is 23.2. The van der Waals surface area contributed by atoms with Crippen molar-refractivity contribution < 1.29 is 9.47 Å². The summed E-state index contributed by atoms with van der Waals surface area (Å²) in [6, 6.07) is 1.05. The highest BCUT2D eigenvalue weighted by atomic mass is 127. The van der Waals surface area contributed by atoms with Crippen LogP contribution in [0.2, 0.25) is 0 Å². The maximum Gasteiger partial charge on any atom is 0.191 e. The quantitative estimate of drug-likeness (QED) is 0.235. The van der Waals surface area contributed by atoms with Gasteiger partial charge >= 0.3 is 0 Å². The monoisotopic (exact) mass is 494 g/mol. The zero-order chi connectivity index (χ0) is 18.4. The molecule has 158 valence electrons. The van der Waals surface area contributed by atoms with Gasteiger partial charge in [-0.05, 0) is 45.4 Å². The lowest BCUT2D eigenvalue weighted by Gasteiger charge is -2.61. The van der Waals surface area contributed by atoms with Gasteiger partial charge in [0.1, 0.15) is 0 Å². The van der Waals surface area contributed by atoms with Crippen LogP contribution in [0.1, 0.15) is 51.9 Å². The smallest absolute Gasteiger partial charge is 0.191 e. The number of aliphatic imine (C=N–C) groups is 1. The van der Waals surface area contributed by atoms with Crippen LogP contribution in [0.25, 0.3) is 0 Å². The van der Waals surface area contributed by atoms with Crippen LogP contribution < -0.4 is 10.6 Å². The number of methoxy groups -OCH3 is 1. The summed E-state index contributed by atoms with van der Waals surface area (Å²) < 4.78 is 11.1. The molecule has 7 heteroatoms. The minimum Gasteiger partial charge on any atom is -0.385 e. The Morgan fingerprint density at radius 1 is 1.22 bits per heavy atom. The number of likely N-dealkylation sites (tertiary alicyclic amines) is 1. The van der Waals surface area contributed by atoms with Crippen molar-refractivity contribution in [1.29, 1.82) is 0 Å². The summed E-state index contributed by atoms with van der Waals surface area (Å²) in [7, 11) is 3.67. The van der Waals surface area contributed by atoms with E-state index < -0.39 is 0 Å². The Morgan fingerprint density at radius 2 is 1.96 bits per heavy atom. The third-order valence-corrected chi connectivity index (χ3v) is 6.72. The first-order valence-electron chi connectivity index (χ1n) is 10.5. The molecule has 2 saturated carbocycles. The predicted octanol–water partition coefficient (Wildman–Crippen LogP) is 2.62. The summed E-state index contributed by atoms with van der Waals surface area (Å²) in [4.78, 5) is 7.05. The molecule has 3 rings (SSSR count). The van der Waals surface area contributed by atoms with Crippen LogP contribution in [0.3, 0.4) is 0 Å². The number of nitrogens with zero attached hydrogens (tertiary/aromatic N) is 2. The number of ether oxygens (including phenoxy) is 2. The molecule has 1 heterocycles. The molecule has 1 aliphatic heterocycles. The van der Waals surface area contributed by atoms with Gasteiger partial charge in [0.05, 0.1) is 6.10 Å². The van der Waals surface area contributed by atoms with Crippen molar-refractivity contribution in [2.45, 2.75) is 70.1 Å². The first-order valence-corrected chi connectivity index (χ1v) is 10.5. The predicted molar refractivity (Wildman–Crippen MR) is 121 cm³/mol. The molecule has 3 fully saturated rings. The van der Waals surface area contributed by atoms with Gasteiger partial charge in [-0.3, -0.25) is 4.99 Å². The third kappa shape index (κ3) is 5.48. The number of halogens is 1. The average Bonchev–Trinajstić information content (AvgIpc) is 2.60. The van der Waals surface area contributed by atoms with Gasteiger partial charge in [-0.25, -0.2) is 0 Å². The lowest BCUT2D eigenvalue weighted by atomic mass is 9.51. The van der Waals surface area contributed by atoms with Crippen LogP contribution >= 0.6 is 24.0 Å². The summed E-state index contributed by atoms with van der Waals surface area (Å²) in [6.07, 6.45) is 9.01. The SMILES string of the molecule is CCOC1CC(NC(=NC)NC2CCN(CCCOC)CC2)C12CCC2.I. The Labute approximate surface area is 182 Å². The molecule has 0 amide bonds. The van der Waals surface area contributed by atoms with E-state index in [-0.39, 0.29) is 24.0 Å². The molecule has 0 bridgehead atoms. The Hall–Kier alpha value is -0.120. The zero-order valence-electron chi connectivity index (χ0n) is 17.3. The number of hydrogen-bond donors (Lipinski definition) is 2. The number of hydrogen-bond acceptors (Lipinski definition) is 4. The highest BCUT2D eigenvalue weighted by molar-refractivity contribution is 14.0. The van der Waals surface area contributed by atoms with Crippen LogP contribution in [-0.2, 0) is 9.47 Å². The molecule has 2 unspecified atom stereocenters. The number of guanidine groups is 1. The van der Waals surface area contributed by atoms with E-state index in [2.05, 4.69) is 27.4 Å². The van der Waals surface area contributed by atoms with Crippen molar-refractivity contribution in [1.82, 2.24) is 15.5 Å². The molecule has 2 N–H and O–H groups in total. The molecule has 0 aromatic rings. The first-order chi connectivity index (χ1) is 12.7. The maximum atomic E-state index is 5.97. The average molecular weight is 494 g/mol. The molecular weight excluding hydrogens is 455 g/mol. The molecule has 2 atom stereocenters. The topological polar surface area (TPSA) is 58.1 Å². The molecule has 3 aliphatic rings. The molecule has 1 spiro atoms. The minimum absolute atomic E-state index is 0. The van der Waals surface area contributed by atoms with Gasteiger partial charge < -0.3 is 25.0 Å². The van der Waals surface area contributed by atoms with Crippen molar-refractivity contribution in [3.05, 3.63) is 0 Å². The van der Waals surface area contributed by atoms with Gasteiger partial charge in [0, 0.05) is 64.5 Å². The Morgan fingerprint density at radius 3 is 2.52 bits per heavy atom. The highest BCUT2D eigenvalue weighted by Crippen LogP contribution is 2.57. The summed E-state index contributed by atoms with van der Waals surface area (Å²) >= 11 is 0. The van der Waals surface area contributed by atoms with Crippen LogP contribution in [0.5, 0.6) is 0 Å². The second-order valence-corrected chi connectivity index (χ2v) is 8.14. The van der Waals surface area contributed by atoms with Crippen LogP contribution in [-0.4, -0.2) is 76.1 Å². The number of rotatable bonds is 8. The van der Waals surface area contributed by atoms with Gasteiger partial charge in [-0.1, -0.05) is 6.42 Å². The van der Waals surface area contributed by atoms with Crippen molar-refractivity contribution >= 4 is 29.9 Å². The fraction of sp³-hybridized carbons (Fsp3) is 0.950. The Balaban J connectivity index is 0.00000261. The van der Waals surface area contributed by atoms with E-state index in [9.17, 15) is 0 Å². The van der Waals surface area contributed by atoms with E-state index in [4.69, 9.17) is 9.47 Å². The van der Waals surface area contributed by atoms with Gasteiger partial charge in [0.2, 0.25) is 0 Å². The van der Waals surface area contributed by atoms with Gasteiger partial charge in [-0.15, -0.1) is 24.0 Å². The van der Waals surface area contributed by atoms with E-state index in [1.165, 1.54) is 32.1 Å². The molecule has 0 aromatic carbocycles. The van der Waals surface area contributed by atoms with Gasteiger partial charge in [0.15, 0.2) is 5.96 Å². The standard InChI is InChI=1S/C20H38N4O2.HI/c1-4-26-18-15-17(20(18)9-5-10-20)23-19(21-2)22-16-7-12-24(13-8-16)11-6-14-25-3;/h16-18H,4-15H2,1-3H3,(H2,21,22,23);1H. The second kappa shape index (κ2) is 11.2. The van der Waals surface area contributed by atoms with Crippen molar-refractivity contribution in [3.8, 4) is 0 Å². The van der Waals surface area contributed by atoms with Gasteiger partial charge in [0.25, 0.3) is 0 Å².